The van der Waals surface area contributed by atoms with Gasteiger partial charge in [-0.1, -0.05) is 200 Å². The minimum atomic E-state index is 1.11. The van der Waals surface area contributed by atoms with Crippen LogP contribution in [0.4, 0.5) is 17.1 Å². The Hall–Kier alpha value is -7.52. The van der Waals surface area contributed by atoms with E-state index in [2.05, 4.69) is 241 Å². The molecule has 0 spiro atoms. The lowest BCUT2D eigenvalue weighted by molar-refractivity contribution is 1.30. The van der Waals surface area contributed by atoms with Crippen LogP contribution < -0.4 is 4.90 Å². The number of anilines is 3. The fourth-order valence-corrected chi connectivity index (χ4v) is 10.1. The highest BCUT2D eigenvalue weighted by atomic mass is 32.1. The molecule has 0 aliphatic carbocycles. The third-order valence-electron chi connectivity index (χ3n) is 11.7. The molecule has 0 bridgehead atoms. The molecular weight excluding hydrogens is 743 g/mol. The van der Waals surface area contributed by atoms with E-state index in [0.29, 0.717) is 0 Å². The smallest absolute Gasteiger partial charge is 0.0640 e. The number of fused-ring (bicyclic) bond motifs is 4. The van der Waals surface area contributed by atoms with Gasteiger partial charge in [-0.2, -0.15) is 0 Å². The summed E-state index contributed by atoms with van der Waals surface area (Å²) in [4.78, 5) is 2.43. The summed E-state index contributed by atoms with van der Waals surface area (Å²) >= 11 is 1.87. The van der Waals surface area contributed by atoms with Crippen molar-refractivity contribution < 1.29 is 0 Å². The predicted octanol–water partition coefficient (Wildman–Crippen LogP) is 17.0. The molecule has 60 heavy (non-hydrogen) atoms. The molecule has 0 aliphatic heterocycles. The van der Waals surface area contributed by atoms with Gasteiger partial charge in [0.05, 0.1) is 10.4 Å². The second-order valence-electron chi connectivity index (χ2n) is 15.2. The summed E-state index contributed by atoms with van der Waals surface area (Å²) in [6.07, 6.45) is 0. The van der Waals surface area contributed by atoms with Gasteiger partial charge in [0.15, 0.2) is 0 Å². The van der Waals surface area contributed by atoms with Gasteiger partial charge in [-0.3, -0.25) is 0 Å². The number of benzene rings is 10. The van der Waals surface area contributed by atoms with E-state index in [4.69, 9.17) is 0 Å². The molecule has 1 aromatic heterocycles. The van der Waals surface area contributed by atoms with E-state index >= 15 is 0 Å². The Morgan fingerprint density at radius 3 is 1.42 bits per heavy atom. The summed E-state index contributed by atoms with van der Waals surface area (Å²) in [5, 5.41) is 5.06. The van der Waals surface area contributed by atoms with Gasteiger partial charge in [-0.15, -0.1) is 11.3 Å². The molecule has 11 aromatic rings. The zero-order valence-electron chi connectivity index (χ0n) is 32.9. The normalized spacial score (nSPS) is 11.3. The molecule has 0 fully saturated rings. The maximum atomic E-state index is 2.43. The summed E-state index contributed by atoms with van der Waals surface area (Å²) in [5.74, 6) is 0. The zero-order chi connectivity index (χ0) is 39.8. The molecule has 1 heterocycles. The predicted molar refractivity (Wildman–Crippen MR) is 259 cm³/mol. The van der Waals surface area contributed by atoms with E-state index in [-0.39, 0.29) is 0 Å². The maximum Gasteiger partial charge on any atom is 0.0640 e. The van der Waals surface area contributed by atoms with Crippen LogP contribution in [0.3, 0.4) is 0 Å². The van der Waals surface area contributed by atoms with Crippen LogP contribution in [0.2, 0.25) is 0 Å². The average Bonchev–Trinajstić information content (AvgIpc) is 3.71. The van der Waals surface area contributed by atoms with Gasteiger partial charge in [0.2, 0.25) is 0 Å². The third-order valence-corrected chi connectivity index (χ3v) is 12.9. The molecule has 0 amide bonds. The van der Waals surface area contributed by atoms with Crippen molar-refractivity contribution in [2.75, 3.05) is 4.90 Å². The Bertz CT molecular complexity index is 3290. The summed E-state index contributed by atoms with van der Waals surface area (Å²) < 4.78 is 2.55. The maximum absolute atomic E-state index is 2.43. The highest BCUT2D eigenvalue weighted by Crippen LogP contribution is 2.47. The number of nitrogens with zero attached hydrogens (tertiary/aromatic N) is 1. The number of rotatable bonds is 8. The van der Waals surface area contributed by atoms with Crippen molar-refractivity contribution in [1.82, 2.24) is 0 Å². The van der Waals surface area contributed by atoms with E-state index in [0.717, 1.165) is 17.1 Å². The molecule has 0 aliphatic rings. The van der Waals surface area contributed by atoms with Gasteiger partial charge in [-0.05, 0) is 103 Å². The second kappa shape index (κ2) is 15.3. The van der Waals surface area contributed by atoms with Gasteiger partial charge in [0.25, 0.3) is 0 Å². The van der Waals surface area contributed by atoms with E-state index in [9.17, 15) is 0 Å². The first-order chi connectivity index (χ1) is 29.8. The van der Waals surface area contributed by atoms with Crippen LogP contribution in [0.1, 0.15) is 0 Å². The first-order valence-corrected chi connectivity index (χ1v) is 21.3. The molecule has 0 saturated heterocycles. The van der Waals surface area contributed by atoms with Crippen molar-refractivity contribution in [2.45, 2.75) is 0 Å². The van der Waals surface area contributed by atoms with E-state index in [1.165, 1.54) is 86.6 Å². The van der Waals surface area contributed by atoms with E-state index < -0.39 is 0 Å². The molecule has 282 valence electrons. The van der Waals surface area contributed by atoms with Gasteiger partial charge in [0, 0.05) is 26.8 Å². The van der Waals surface area contributed by atoms with Crippen LogP contribution in [0.25, 0.3) is 86.6 Å². The van der Waals surface area contributed by atoms with Crippen LogP contribution in [0.5, 0.6) is 0 Å². The number of hydrogen-bond acceptors (Lipinski definition) is 2. The molecule has 11 rings (SSSR count). The van der Waals surface area contributed by atoms with Crippen molar-refractivity contribution in [3.63, 3.8) is 0 Å². The summed E-state index contributed by atoms with van der Waals surface area (Å²) in [6.45, 7) is 0. The highest BCUT2D eigenvalue weighted by Gasteiger charge is 2.20. The molecule has 2 heteroatoms. The average molecular weight is 782 g/mol. The summed E-state index contributed by atoms with van der Waals surface area (Å²) in [5.41, 5.74) is 15.6. The molecular formula is C58H39NS. The van der Waals surface area contributed by atoms with Gasteiger partial charge in [0.1, 0.15) is 0 Å². The fraction of sp³-hybridized carbons (Fsp3) is 0. The summed E-state index contributed by atoms with van der Waals surface area (Å²) in [6, 6.07) is 86.0. The Labute approximate surface area is 354 Å². The first-order valence-electron chi connectivity index (χ1n) is 20.5. The van der Waals surface area contributed by atoms with Gasteiger partial charge in [-0.25, -0.2) is 0 Å². The topological polar surface area (TPSA) is 3.24 Å². The largest absolute Gasteiger partial charge is 0.309 e. The second-order valence-corrected chi connectivity index (χ2v) is 16.3. The van der Waals surface area contributed by atoms with Crippen molar-refractivity contribution >= 4 is 59.3 Å². The lowest BCUT2D eigenvalue weighted by atomic mass is 9.89. The van der Waals surface area contributed by atoms with Crippen LogP contribution >= 0.6 is 11.3 Å². The van der Waals surface area contributed by atoms with Gasteiger partial charge < -0.3 is 4.90 Å². The quantitative estimate of drug-likeness (QED) is 0.148. The Balaban J connectivity index is 1.04. The third kappa shape index (κ3) is 6.44. The van der Waals surface area contributed by atoms with Crippen LogP contribution in [0, 0.1) is 0 Å². The molecule has 0 unspecified atom stereocenters. The van der Waals surface area contributed by atoms with Crippen LogP contribution in [0.15, 0.2) is 237 Å². The monoisotopic (exact) mass is 781 g/mol. The van der Waals surface area contributed by atoms with Crippen molar-refractivity contribution in [3.05, 3.63) is 237 Å². The highest BCUT2D eigenvalue weighted by molar-refractivity contribution is 7.26. The van der Waals surface area contributed by atoms with Crippen LogP contribution in [-0.4, -0.2) is 0 Å². The Morgan fingerprint density at radius 2 is 0.750 bits per heavy atom. The molecule has 0 saturated carbocycles. The Morgan fingerprint density at radius 1 is 0.283 bits per heavy atom. The van der Waals surface area contributed by atoms with Crippen LogP contribution in [-0.2, 0) is 0 Å². The minimum Gasteiger partial charge on any atom is -0.309 e. The zero-order valence-corrected chi connectivity index (χ0v) is 33.7. The SMILES string of the molecule is c1ccc(-c2ccc3c(c2)sc2c(N(c4ccc(-c5ccccc5-c5ccccc5-c5ccccc5)cc4)c4ccc(-c5cccc6ccccc56)cc4)cccc23)cc1. The van der Waals surface area contributed by atoms with E-state index in [1.807, 2.05) is 11.3 Å². The number of thiophene rings is 1. The lowest BCUT2D eigenvalue weighted by Gasteiger charge is -2.26. The molecule has 0 N–H and O–H groups in total. The lowest BCUT2D eigenvalue weighted by Crippen LogP contribution is -2.10. The first kappa shape index (κ1) is 35.6. The summed E-state index contributed by atoms with van der Waals surface area (Å²) in [7, 11) is 0. The standard InChI is InChI=1S/C58H39NS/c1-3-15-40(16-4-1)45-33-38-54-55-27-14-28-56(58(55)60-57(54)39-45)59(46-34-29-43(30-35-46)49-26-13-20-42-19-7-8-21-48(42)49)47-36-31-44(32-37-47)51-23-10-12-25-53(51)52-24-11-9-22-50(52)41-17-5-2-6-18-41/h1-39H. The Kier molecular flexibility index (Phi) is 9.11. The molecule has 10 aromatic carbocycles. The van der Waals surface area contributed by atoms with Gasteiger partial charge >= 0.3 is 0 Å². The van der Waals surface area contributed by atoms with E-state index in [1.54, 1.807) is 0 Å². The van der Waals surface area contributed by atoms with Crippen molar-refractivity contribution in [1.29, 1.82) is 0 Å². The minimum absolute atomic E-state index is 1.11. The van der Waals surface area contributed by atoms with Crippen molar-refractivity contribution in [3.8, 4) is 55.6 Å². The molecule has 0 atom stereocenters. The fourth-order valence-electron chi connectivity index (χ4n) is 8.81. The number of hydrogen-bond donors (Lipinski definition) is 0. The van der Waals surface area contributed by atoms with Crippen molar-refractivity contribution in [2.24, 2.45) is 0 Å². The molecule has 1 nitrogen and oxygen atoms in total. The molecule has 0 radical (unpaired) electrons.